The lowest BCUT2D eigenvalue weighted by Crippen LogP contribution is -2.13. The van der Waals surface area contributed by atoms with Gasteiger partial charge in [-0.2, -0.15) is 0 Å². The standard InChI is InChI=1S/C4H12NSi/c1-3-4(5)6-2/h3,5-6H2,1-2H3. The lowest BCUT2D eigenvalue weighted by atomic mass is 10.5. The highest BCUT2D eigenvalue weighted by Crippen LogP contribution is 1.89. The fraction of sp³-hybridized carbons (Fsp3) is 0.750. The van der Waals surface area contributed by atoms with E-state index in [-0.39, 0.29) is 9.52 Å². The fourth-order valence-corrected chi connectivity index (χ4v) is 0.750. The van der Waals surface area contributed by atoms with Gasteiger partial charge in [-0.3, -0.25) is 0 Å². The summed E-state index contributed by atoms with van der Waals surface area (Å²) in [6.45, 7) is 4.31. The number of nitrogens with two attached hydrogens (primary N) is 1. The molecule has 0 unspecified atom stereocenters. The molecule has 6 heavy (non-hydrogen) atoms. The first-order chi connectivity index (χ1) is 2.81. The van der Waals surface area contributed by atoms with Crippen molar-refractivity contribution in [2.45, 2.75) is 19.9 Å². The Morgan fingerprint density at radius 2 is 2.33 bits per heavy atom. The highest BCUT2D eigenvalue weighted by Gasteiger charge is 1.90. The van der Waals surface area contributed by atoms with Crippen molar-refractivity contribution in [1.82, 2.24) is 0 Å². The van der Waals surface area contributed by atoms with Crippen molar-refractivity contribution >= 4 is 9.52 Å². The summed E-state index contributed by atoms with van der Waals surface area (Å²) in [5.74, 6) is 0. The van der Waals surface area contributed by atoms with Gasteiger partial charge < -0.3 is 5.73 Å². The van der Waals surface area contributed by atoms with Crippen LogP contribution in [0.4, 0.5) is 0 Å². The smallest absolute Gasteiger partial charge is 0.0430 e. The third kappa shape index (κ3) is 2.42. The van der Waals surface area contributed by atoms with Crippen LogP contribution >= 0.6 is 0 Å². The molecule has 0 aromatic heterocycles. The Hall–Kier alpha value is 0.177. The Bertz CT molecular complexity index is 26.7. The Morgan fingerprint density at radius 3 is 2.33 bits per heavy atom. The van der Waals surface area contributed by atoms with Gasteiger partial charge in [0.05, 0.1) is 0 Å². The second kappa shape index (κ2) is 3.37. The molecule has 0 saturated carbocycles. The molecule has 0 bridgehead atoms. The van der Waals surface area contributed by atoms with Crippen LogP contribution in [0.1, 0.15) is 13.3 Å². The van der Waals surface area contributed by atoms with Crippen molar-refractivity contribution in [3.8, 4) is 0 Å². The maximum Gasteiger partial charge on any atom is 0.0430 e. The second-order valence-electron chi connectivity index (χ2n) is 1.37. The maximum atomic E-state index is 5.45. The molecule has 37 valence electrons. The van der Waals surface area contributed by atoms with Gasteiger partial charge in [0, 0.05) is 15.2 Å². The van der Waals surface area contributed by atoms with Crippen LogP contribution < -0.4 is 5.73 Å². The molecule has 0 heterocycles. The van der Waals surface area contributed by atoms with Gasteiger partial charge in [0.2, 0.25) is 0 Å². The molecule has 0 aromatic rings. The first kappa shape index (κ1) is 6.18. The van der Waals surface area contributed by atoms with Gasteiger partial charge in [-0.15, -0.1) is 0 Å². The van der Waals surface area contributed by atoms with E-state index < -0.39 is 0 Å². The summed E-state index contributed by atoms with van der Waals surface area (Å²) < 4.78 is 0. The van der Waals surface area contributed by atoms with Crippen LogP contribution in [0.5, 0.6) is 0 Å². The monoisotopic (exact) mass is 102 g/mol. The topological polar surface area (TPSA) is 26.0 Å². The van der Waals surface area contributed by atoms with Crippen molar-refractivity contribution < 1.29 is 0 Å². The van der Waals surface area contributed by atoms with Crippen LogP contribution in [0.25, 0.3) is 0 Å². The van der Waals surface area contributed by atoms with E-state index in [2.05, 4.69) is 13.5 Å². The minimum absolute atomic E-state index is 0.0328. The third-order valence-corrected chi connectivity index (χ3v) is 2.32. The van der Waals surface area contributed by atoms with Crippen molar-refractivity contribution in [1.29, 1.82) is 0 Å². The summed E-state index contributed by atoms with van der Waals surface area (Å²) in [5, 5.41) is 0. The molecule has 0 aromatic carbocycles. The van der Waals surface area contributed by atoms with Gasteiger partial charge in [-0.1, -0.05) is 13.5 Å². The molecule has 0 rings (SSSR count). The maximum absolute atomic E-state index is 5.45. The minimum Gasteiger partial charge on any atom is -0.327 e. The van der Waals surface area contributed by atoms with Crippen molar-refractivity contribution in [2.24, 2.45) is 5.73 Å². The second-order valence-corrected chi connectivity index (χ2v) is 2.98. The highest BCUT2D eigenvalue weighted by atomic mass is 28.2. The molecule has 2 heteroatoms. The molecular formula is C4H12NSi. The van der Waals surface area contributed by atoms with Crippen LogP contribution in [-0.4, -0.2) is 9.52 Å². The number of hydrogen-bond acceptors (Lipinski definition) is 1. The summed E-state index contributed by atoms with van der Waals surface area (Å²) in [7, 11) is 0.0328. The van der Waals surface area contributed by atoms with Crippen LogP contribution in [0, 0.1) is 5.67 Å². The lowest BCUT2D eigenvalue weighted by molar-refractivity contribution is 1.01. The molecule has 0 aliphatic carbocycles. The summed E-state index contributed by atoms with van der Waals surface area (Å²) in [6, 6.07) is 0. The molecule has 0 aliphatic heterocycles. The summed E-state index contributed by atoms with van der Waals surface area (Å²) in [5.41, 5.74) is 6.68. The van der Waals surface area contributed by atoms with E-state index in [9.17, 15) is 0 Å². The van der Waals surface area contributed by atoms with Gasteiger partial charge in [-0.05, 0) is 6.42 Å². The van der Waals surface area contributed by atoms with E-state index in [0.717, 1.165) is 6.42 Å². The van der Waals surface area contributed by atoms with E-state index in [1.54, 1.807) is 0 Å². The summed E-state index contributed by atoms with van der Waals surface area (Å²) in [6.07, 6.45) is 1.09. The summed E-state index contributed by atoms with van der Waals surface area (Å²) in [4.78, 5) is 0. The molecule has 1 nitrogen and oxygen atoms in total. The Balaban J connectivity index is 2.75. The van der Waals surface area contributed by atoms with Crippen LogP contribution in [-0.2, 0) is 0 Å². The molecule has 2 N–H and O–H groups in total. The molecule has 0 atom stereocenters. The molecule has 0 amide bonds. The van der Waals surface area contributed by atoms with Crippen molar-refractivity contribution in [3.05, 3.63) is 5.67 Å². The van der Waals surface area contributed by atoms with Gasteiger partial charge in [0.15, 0.2) is 0 Å². The van der Waals surface area contributed by atoms with Crippen LogP contribution in [0.3, 0.4) is 0 Å². The van der Waals surface area contributed by atoms with Crippen LogP contribution in [0.15, 0.2) is 0 Å². The molecule has 0 fully saturated rings. The average Bonchev–Trinajstić information content (AvgIpc) is 1.65. The normalized spacial score (nSPS) is 12.0. The Labute approximate surface area is 41.7 Å². The largest absolute Gasteiger partial charge is 0.327 e. The van der Waals surface area contributed by atoms with E-state index in [4.69, 9.17) is 5.73 Å². The molecule has 0 spiro atoms. The SMILES string of the molecule is CC[C](N)[SiH2]C. The number of hydrogen-bond donors (Lipinski definition) is 1. The van der Waals surface area contributed by atoms with Crippen LogP contribution in [0.2, 0.25) is 6.55 Å². The Morgan fingerprint density at radius 1 is 1.83 bits per heavy atom. The molecule has 1 radical (unpaired) electrons. The quantitative estimate of drug-likeness (QED) is 0.490. The highest BCUT2D eigenvalue weighted by molar-refractivity contribution is 6.40. The van der Waals surface area contributed by atoms with E-state index >= 15 is 0 Å². The molecular weight excluding hydrogens is 90.1 g/mol. The van der Waals surface area contributed by atoms with Gasteiger partial charge >= 0.3 is 0 Å². The first-order valence-electron chi connectivity index (χ1n) is 2.41. The Kier molecular flexibility index (Phi) is 3.47. The zero-order chi connectivity index (χ0) is 4.99. The predicted octanol–water partition coefficient (Wildman–Crippen LogP) is 0.0615. The predicted molar refractivity (Wildman–Crippen MR) is 32.1 cm³/mol. The first-order valence-corrected chi connectivity index (χ1v) is 4.53. The number of rotatable bonds is 2. The summed E-state index contributed by atoms with van der Waals surface area (Å²) >= 11 is 0. The van der Waals surface area contributed by atoms with Gasteiger partial charge in [0.25, 0.3) is 0 Å². The zero-order valence-electron chi connectivity index (χ0n) is 4.49. The average molecular weight is 102 g/mol. The van der Waals surface area contributed by atoms with Crippen molar-refractivity contribution in [3.63, 3.8) is 0 Å². The third-order valence-electron chi connectivity index (χ3n) is 0.908. The van der Waals surface area contributed by atoms with Crippen molar-refractivity contribution in [2.75, 3.05) is 0 Å². The van der Waals surface area contributed by atoms with E-state index in [1.807, 2.05) is 0 Å². The zero-order valence-corrected chi connectivity index (χ0v) is 5.91. The fourth-order valence-electron chi connectivity index (χ4n) is 0.250. The van der Waals surface area contributed by atoms with E-state index in [1.165, 1.54) is 5.67 Å². The minimum atomic E-state index is 0.0328. The van der Waals surface area contributed by atoms with Gasteiger partial charge in [0.1, 0.15) is 0 Å². The lowest BCUT2D eigenvalue weighted by Gasteiger charge is -1.97. The molecule has 0 saturated heterocycles. The molecule has 0 aliphatic rings. The van der Waals surface area contributed by atoms with Gasteiger partial charge in [-0.25, -0.2) is 0 Å². The van der Waals surface area contributed by atoms with E-state index in [0.29, 0.717) is 0 Å².